The van der Waals surface area contributed by atoms with Gasteiger partial charge in [-0.3, -0.25) is 0 Å². The van der Waals surface area contributed by atoms with Crippen LogP contribution in [0.2, 0.25) is 0 Å². The van der Waals surface area contributed by atoms with Crippen LogP contribution in [0.1, 0.15) is 12.2 Å². The highest BCUT2D eigenvalue weighted by molar-refractivity contribution is 5.76. The van der Waals surface area contributed by atoms with Crippen LogP contribution < -0.4 is 5.32 Å². The standard InChI is InChI=1S/C13H14F3N3/c1-19-10-5-3-2-4-9(10)18-11(19)12(13(14,15)16)6-7-17-8-12/h2-5,17H,6-8H2,1H3. The van der Waals surface area contributed by atoms with Gasteiger partial charge in [-0.15, -0.1) is 0 Å². The van der Waals surface area contributed by atoms with Crippen molar-refractivity contribution in [3.63, 3.8) is 0 Å². The van der Waals surface area contributed by atoms with E-state index < -0.39 is 11.6 Å². The van der Waals surface area contributed by atoms with Gasteiger partial charge in [0.1, 0.15) is 11.2 Å². The quantitative estimate of drug-likeness (QED) is 0.861. The third-order valence-electron chi connectivity index (χ3n) is 3.91. The molecule has 1 aromatic carbocycles. The fourth-order valence-electron chi connectivity index (χ4n) is 2.83. The van der Waals surface area contributed by atoms with Crippen LogP contribution in [0.4, 0.5) is 13.2 Å². The van der Waals surface area contributed by atoms with Gasteiger partial charge in [0.15, 0.2) is 0 Å². The lowest BCUT2D eigenvalue weighted by molar-refractivity contribution is -0.187. The van der Waals surface area contributed by atoms with Crippen molar-refractivity contribution in [3.05, 3.63) is 30.1 Å². The third-order valence-corrected chi connectivity index (χ3v) is 3.91. The molecular weight excluding hydrogens is 255 g/mol. The van der Waals surface area contributed by atoms with E-state index in [9.17, 15) is 13.2 Å². The number of halogens is 3. The normalized spacial score (nSPS) is 24.2. The molecule has 102 valence electrons. The first-order valence-corrected chi connectivity index (χ1v) is 6.15. The summed E-state index contributed by atoms with van der Waals surface area (Å²) in [6, 6.07) is 7.12. The smallest absolute Gasteiger partial charge is 0.330 e. The molecule has 1 aliphatic heterocycles. The first kappa shape index (κ1) is 12.5. The van der Waals surface area contributed by atoms with Crippen molar-refractivity contribution in [1.82, 2.24) is 14.9 Å². The van der Waals surface area contributed by atoms with Crippen molar-refractivity contribution < 1.29 is 13.2 Å². The van der Waals surface area contributed by atoms with Crippen LogP contribution in [0.15, 0.2) is 24.3 Å². The van der Waals surface area contributed by atoms with Crippen LogP contribution in [-0.2, 0) is 12.5 Å². The van der Waals surface area contributed by atoms with Crippen LogP contribution >= 0.6 is 0 Å². The molecule has 1 N–H and O–H groups in total. The van der Waals surface area contributed by atoms with Crippen molar-refractivity contribution in [2.24, 2.45) is 7.05 Å². The molecule has 19 heavy (non-hydrogen) atoms. The van der Waals surface area contributed by atoms with E-state index in [0.29, 0.717) is 12.1 Å². The second-order valence-corrected chi connectivity index (χ2v) is 4.99. The molecule has 0 radical (unpaired) electrons. The predicted molar refractivity (Wildman–Crippen MR) is 65.9 cm³/mol. The Bertz CT molecular complexity index is 609. The minimum absolute atomic E-state index is 0.0354. The molecule has 1 aliphatic rings. The van der Waals surface area contributed by atoms with Gasteiger partial charge in [0.05, 0.1) is 11.0 Å². The molecule has 1 aromatic heterocycles. The van der Waals surface area contributed by atoms with Gasteiger partial charge in [-0.05, 0) is 25.1 Å². The molecule has 0 amide bonds. The number of rotatable bonds is 1. The summed E-state index contributed by atoms with van der Waals surface area (Å²) in [5, 5.41) is 2.82. The maximum atomic E-state index is 13.5. The number of para-hydroxylation sites is 2. The van der Waals surface area contributed by atoms with Crippen molar-refractivity contribution in [2.45, 2.75) is 18.0 Å². The molecule has 1 atom stereocenters. The summed E-state index contributed by atoms with van der Waals surface area (Å²) < 4.78 is 42.1. The van der Waals surface area contributed by atoms with Crippen LogP contribution in [-0.4, -0.2) is 28.8 Å². The first-order chi connectivity index (χ1) is 8.96. The summed E-state index contributed by atoms with van der Waals surface area (Å²) in [5.74, 6) is 0.103. The average Bonchev–Trinajstić information content (AvgIpc) is 2.95. The number of aromatic nitrogens is 2. The van der Waals surface area contributed by atoms with Gasteiger partial charge in [-0.2, -0.15) is 13.2 Å². The summed E-state index contributed by atoms with van der Waals surface area (Å²) in [5.41, 5.74) is -0.538. The molecule has 3 rings (SSSR count). The summed E-state index contributed by atoms with van der Waals surface area (Å²) in [6.07, 6.45) is -4.26. The van der Waals surface area contributed by atoms with Gasteiger partial charge in [0.2, 0.25) is 0 Å². The van der Waals surface area contributed by atoms with Gasteiger partial charge in [0, 0.05) is 13.6 Å². The Morgan fingerprint density at radius 1 is 1.32 bits per heavy atom. The van der Waals surface area contributed by atoms with Crippen LogP contribution in [0.5, 0.6) is 0 Å². The van der Waals surface area contributed by atoms with E-state index in [0.717, 1.165) is 5.52 Å². The lowest BCUT2D eigenvalue weighted by Gasteiger charge is -2.30. The van der Waals surface area contributed by atoms with Crippen LogP contribution in [0, 0.1) is 0 Å². The zero-order valence-electron chi connectivity index (χ0n) is 10.5. The molecule has 0 spiro atoms. The molecule has 1 fully saturated rings. The number of benzene rings is 1. The number of nitrogens with one attached hydrogen (secondary N) is 1. The fraction of sp³-hybridized carbons (Fsp3) is 0.462. The van der Waals surface area contributed by atoms with Gasteiger partial charge in [0.25, 0.3) is 0 Å². The van der Waals surface area contributed by atoms with E-state index in [1.165, 1.54) is 0 Å². The maximum Gasteiger partial charge on any atom is 0.402 e. The Kier molecular flexibility index (Phi) is 2.60. The largest absolute Gasteiger partial charge is 0.402 e. The monoisotopic (exact) mass is 269 g/mol. The Morgan fingerprint density at radius 2 is 2.05 bits per heavy atom. The lowest BCUT2D eigenvalue weighted by atomic mass is 9.85. The SMILES string of the molecule is Cn1c(C2(C(F)(F)F)CCNC2)nc2ccccc21. The van der Waals surface area contributed by atoms with E-state index in [-0.39, 0.29) is 18.8 Å². The van der Waals surface area contributed by atoms with E-state index in [2.05, 4.69) is 10.3 Å². The van der Waals surface area contributed by atoms with Crippen molar-refractivity contribution >= 4 is 11.0 Å². The number of hydrogen-bond donors (Lipinski definition) is 1. The second kappa shape index (κ2) is 3.96. The third kappa shape index (κ3) is 1.66. The molecule has 0 bridgehead atoms. The Morgan fingerprint density at radius 3 is 2.63 bits per heavy atom. The highest BCUT2D eigenvalue weighted by Gasteiger charge is 2.59. The zero-order valence-corrected chi connectivity index (χ0v) is 10.5. The number of nitrogens with zero attached hydrogens (tertiary/aromatic N) is 2. The summed E-state index contributed by atoms with van der Waals surface area (Å²) in [7, 11) is 1.65. The lowest BCUT2D eigenvalue weighted by Crippen LogP contribution is -2.46. The topological polar surface area (TPSA) is 29.9 Å². The fourth-order valence-corrected chi connectivity index (χ4v) is 2.83. The van der Waals surface area contributed by atoms with Crippen molar-refractivity contribution in [1.29, 1.82) is 0 Å². The van der Waals surface area contributed by atoms with Gasteiger partial charge in [-0.25, -0.2) is 4.98 Å². The Hall–Kier alpha value is -1.56. The Labute approximate surface area is 108 Å². The van der Waals surface area contributed by atoms with Gasteiger partial charge in [-0.1, -0.05) is 12.1 Å². The highest BCUT2D eigenvalue weighted by atomic mass is 19.4. The molecule has 2 aromatic rings. The van der Waals surface area contributed by atoms with E-state index in [4.69, 9.17) is 0 Å². The molecule has 0 aliphatic carbocycles. The highest BCUT2D eigenvalue weighted by Crippen LogP contribution is 2.45. The summed E-state index contributed by atoms with van der Waals surface area (Å²) in [4.78, 5) is 4.24. The average molecular weight is 269 g/mol. The number of hydrogen-bond acceptors (Lipinski definition) is 2. The summed E-state index contributed by atoms with van der Waals surface area (Å²) in [6.45, 7) is 0.260. The molecule has 3 nitrogen and oxygen atoms in total. The van der Waals surface area contributed by atoms with E-state index in [1.54, 1.807) is 35.9 Å². The summed E-state index contributed by atoms with van der Waals surface area (Å²) >= 11 is 0. The molecular formula is C13H14F3N3. The number of imidazole rings is 1. The maximum absolute atomic E-state index is 13.5. The number of alkyl halides is 3. The molecule has 1 saturated heterocycles. The number of fused-ring (bicyclic) bond motifs is 1. The van der Waals surface area contributed by atoms with Gasteiger partial charge < -0.3 is 9.88 Å². The minimum Gasteiger partial charge on any atom is -0.330 e. The molecule has 6 heteroatoms. The first-order valence-electron chi connectivity index (χ1n) is 6.15. The second-order valence-electron chi connectivity index (χ2n) is 4.99. The van der Waals surface area contributed by atoms with E-state index >= 15 is 0 Å². The van der Waals surface area contributed by atoms with Crippen LogP contribution in [0.3, 0.4) is 0 Å². The molecule has 0 saturated carbocycles. The van der Waals surface area contributed by atoms with E-state index in [1.807, 2.05) is 0 Å². The molecule has 2 heterocycles. The molecule has 1 unspecified atom stereocenters. The Balaban J connectivity index is 2.24. The van der Waals surface area contributed by atoms with Crippen LogP contribution in [0.25, 0.3) is 11.0 Å². The zero-order chi connectivity index (χ0) is 13.7. The number of aryl methyl sites for hydroxylation is 1. The minimum atomic E-state index is -4.30. The van der Waals surface area contributed by atoms with Crippen molar-refractivity contribution in [2.75, 3.05) is 13.1 Å². The predicted octanol–water partition coefficient (Wildman–Crippen LogP) is 2.37. The van der Waals surface area contributed by atoms with Crippen molar-refractivity contribution in [3.8, 4) is 0 Å². The van der Waals surface area contributed by atoms with Gasteiger partial charge >= 0.3 is 6.18 Å².